The Morgan fingerprint density at radius 2 is 1.96 bits per heavy atom. The van der Waals surface area contributed by atoms with Crippen LogP contribution in [0.15, 0.2) is 54.5 Å². The lowest BCUT2D eigenvalue weighted by molar-refractivity contribution is -0.0558. The molecule has 2 N–H and O–H groups in total. The van der Waals surface area contributed by atoms with Crippen molar-refractivity contribution in [3.05, 3.63) is 71.6 Å². The SMILES string of the molecule is C=CSNC1C(Cc2cc(F)cc(-c3ccccc3)c2F)NC2CC1(F)C2. The van der Waals surface area contributed by atoms with E-state index in [2.05, 4.69) is 16.6 Å². The van der Waals surface area contributed by atoms with Gasteiger partial charge >= 0.3 is 0 Å². The monoisotopic (exact) mass is 390 g/mol. The van der Waals surface area contributed by atoms with Crippen LogP contribution >= 0.6 is 11.9 Å². The topological polar surface area (TPSA) is 24.1 Å². The summed E-state index contributed by atoms with van der Waals surface area (Å²) in [7, 11) is 0. The first-order chi connectivity index (χ1) is 13.0. The fourth-order valence-corrected chi connectivity index (χ4v) is 4.85. The largest absolute Gasteiger partial charge is 0.309 e. The van der Waals surface area contributed by atoms with E-state index in [1.807, 2.05) is 6.07 Å². The minimum atomic E-state index is -1.32. The lowest BCUT2D eigenvalue weighted by atomic mass is 9.65. The van der Waals surface area contributed by atoms with Gasteiger partial charge in [0, 0.05) is 17.6 Å². The Bertz CT molecular complexity index is 837. The van der Waals surface area contributed by atoms with Crippen LogP contribution in [0.25, 0.3) is 11.1 Å². The number of nitrogens with one attached hydrogen (secondary N) is 2. The van der Waals surface area contributed by atoms with Gasteiger partial charge in [-0.05, 0) is 47.9 Å². The molecule has 2 heterocycles. The predicted molar refractivity (Wildman–Crippen MR) is 104 cm³/mol. The molecule has 0 spiro atoms. The molecule has 0 amide bonds. The summed E-state index contributed by atoms with van der Waals surface area (Å²) in [5.41, 5.74) is -0.213. The fourth-order valence-electron chi connectivity index (χ4n) is 4.24. The Labute approximate surface area is 161 Å². The molecular weight excluding hydrogens is 369 g/mol. The first kappa shape index (κ1) is 18.6. The Kier molecular flexibility index (Phi) is 5.05. The van der Waals surface area contributed by atoms with Crippen molar-refractivity contribution in [2.75, 3.05) is 0 Å². The highest BCUT2D eigenvalue weighted by Crippen LogP contribution is 2.45. The summed E-state index contributed by atoms with van der Waals surface area (Å²) < 4.78 is 47.5. The van der Waals surface area contributed by atoms with Crippen molar-refractivity contribution in [1.82, 2.24) is 10.0 Å². The molecule has 2 aromatic carbocycles. The molecule has 2 unspecified atom stereocenters. The van der Waals surface area contributed by atoms with Gasteiger partial charge in [0.1, 0.15) is 17.3 Å². The zero-order chi connectivity index (χ0) is 19.0. The van der Waals surface area contributed by atoms with Gasteiger partial charge in [-0.15, -0.1) is 0 Å². The second-order valence-corrected chi connectivity index (χ2v) is 8.09. The second-order valence-electron chi connectivity index (χ2n) is 7.29. The number of piperidine rings is 2. The molecule has 3 fully saturated rings. The standard InChI is InChI=1S/C21H21F3N2S/c1-2-27-26-20-18(25-16-11-21(20,24)12-16)9-14-8-15(22)10-17(19(14)23)13-6-4-3-5-7-13/h2-8,10,16,18,20,25-26H,1,9,11-12H2. The van der Waals surface area contributed by atoms with Gasteiger partial charge in [0.25, 0.3) is 0 Å². The fraction of sp³-hybridized carbons (Fsp3) is 0.333. The number of fused-ring (bicyclic) bond motifs is 2. The summed E-state index contributed by atoms with van der Waals surface area (Å²) >= 11 is 1.23. The molecule has 2 aromatic rings. The van der Waals surface area contributed by atoms with Crippen LogP contribution in [0.3, 0.4) is 0 Å². The molecule has 2 aliphatic heterocycles. The number of alkyl halides is 1. The van der Waals surface area contributed by atoms with E-state index in [9.17, 15) is 4.39 Å². The Balaban J connectivity index is 1.64. The van der Waals surface area contributed by atoms with Crippen LogP contribution < -0.4 is 10.0 Å². The van der Waals surface area contributed by atoms with Gasteiger partial charge in [-0.1, -0.05) is 48.9 Å². The van der Waals surface area contributed by atoms with E-state index in [0.717, 1.165) is 0 Å². The summed E-state index contributed by atoms with van der Waals surface area (Å²) in [5, 5.41) is 4.98. The van der Waals surface area contributed by atoms with Gasteiger partial charge < -0.3 is 5.32 Å². The molecule has 1 aliphatic carbocycles. The Morgan fingerprint density at radius 3 is 2.67 bits per heavy atom. The van der Waals surface area contributed by atoms with Gasteiger partial charge in [0.2, 0.25) is 0 Å². The molecule has 3 aliphatic rings. The van der Waals surface area contributed by atoms with E-state index >= 15 is 8.78 Å². The van der Waals surface area contributed by atoms with Gasteiger partial charge in [-0.3, -0.25) is 4.72 Å². The summed E-state index contributed by atoms with van der Waals surface area (Å²) in [5.74, 6) is -0.946. The van der Waals surface area contributed by atoms with Gasteiger partial charge in [0.15, 0.2) is 0 Å². The maximum atomic E-state index is 15.1. The van der Waals surface area contributed by atoms with Crippen molar-refractivity contribution in [3.8, 4) is 11.1 Å². The molecule has 1 saturated carbocycles. The first-order valence-electron chi connectivity index (χ1n) is 9.00. The minimum absolute atomic E-state index is 0.0944. The zero-order valence-electron chi connectivity index (χ0n) is 14.7. The van der Waals surface area contributed by atoms with E-state index in [4.69, 9.17) is 0 Å². The summed E-state index contributed by atoms with van der Waals surface area (Å²) in [6, 6.07) is 10.6. The van der Waals surface area contributed by atoms with Crippen LogP contribution in [0.2, 0.25) is 0 Å². The van der Waals surface area contributed by atoms with Gasteiger partial charge in [-0.2, -0.15) is 0 Å². The van der Waals surface area contributed by atoms with E-state index in [1.165, 1.54) is 24.1 Å². The third-order valence-corrected chi connectivity index (χ3v) is 6.05. The number of benzene rings is 2. The molecule has 6 heteroatoms. The van der Waals surface area contributed by atoms with Crippen molar-refractivity contribution in [1.29, 1.82) is 0 Å². The highest BCUT2D eigenvalue weighted by atomic mass is 32.2. The average Bonchev–Trinajstić information content (AvgIpc) is 2.63. The van der Waals surface area contributed by atoms with Crippen LogP contribution in [0.5, 0.6) is 0 Å². The van der Waals surface area contributed by atoms with Crippen molar-refractivity contribution in [2.24, 2.45) is 0 Å². The maximum absolute atomic E-state index is 15.1. The molecule has 27 heavy (non-hydrogen) atoms. The van der Waals surface area contributed by atoms with Gasteiger partial charge in [-0.25, -0.2) is 13.2 Å². The molecule has 0 radical (unpaired) electrons. The van der Waals surface area contributed by atoms with E-state index in [-0.39, 0.29) is 29.6 Å². The molecule has 142 valence electrons. The molecular formula is C21H21F3N2S. The number of rotatable bonds is 6. The summed E-state index contributed by atoms with van der Waals surface area (Å²) in [6.45, 7) is 3.63. The molecule has 2 bridgehead atoms. The lowest BCUT2D eigenvalue weighted by Gasteiger charge is -2.56. The number of hydrogen-bond donors (Lipinski definition) is 2. The van der Waals surface area contributed by atoms with E-state index in [0.29, 0.717) is 18.4 Å². The van der Waals surface area contributed by atoms with Crippen molar-refractivity contribution in [3.63, 3.8) is 0 Å². The third-order valence-electron chi connectivity index (χ3n) is 5.50. The molecule has 2 nitrogen and oxygen atoms in total. The molecule has 2 atom stereocenters. The van der Waals surface area contributed by atoms with E-state index in [1.54, 1.807) is 29.7 Å². The molecule has 0 aromatic heterocycles. The Hall–Kier alpha value is -1.76. The molecule has 5 rings (SSSR count). The summed E-state index contributed by atoms with van der Waals surface area (Å²) in [4.78, 5) is 0. The van der Waals surface area contributed by atoms with Gasteiger partial charge in [0.05, 0.1) is 6.04 Å². The predicted octanol–water partition coefficient (Wildman–Crippen LogP) is 4.77. The molecule has 2 saturated heterocycles. The zero-order valence-corrected chi connectivity index (χ0v) is 15.5. The van der Waals surface area contributed by atoms with Crippen LogP contribution in [-0.2, 0) is 6.42 Å². The number of hydrogen-bond acceptors (Lipinski definition) is 3. The normalized spacial score (nSPS) is 29.2. The highest BCUT2D eigenvalue weighted by molar-refractivity contribution is 8.00. The minimum Gasteiger partial charge on any atom is -0.309 e. The maximum Gasteiger partial charge on any atom is 0.134 e. The van der Waals surface area contributed by atoms with Crippen LogP contribution in [0.1, 0.15) is 18.4 Å². The Morgan fingerprint density at radius 1 is 1.22 bits per heavy atom. The van der Waals surface area contributed by atoms with Crippen molar-refractivity contribution in [2.45, 2.75) is 43.1 Å². The average molecular weight is 390 g/mol. The van der Waals surface area contributed by atoms with E-state index < -0.39 is 23.3 Å². The third kappa shape index (κ3) is 3.53. The van der Waals surface area contributed by atoms with Crippen LogP contribution in [0, 0.1) is 11.6 Å². The summed E-state index contributed by atoms with van der Waals surface area (Å²) in [6.07, 6.45) is 1.10. The van der Waals surface area contributed by atoms with Crippen molar-refractivity contribution < 1.29 is 13.2 Å². The first-order valence-corrected chi connectivity index (χ1v) is 9.88. The lowest BCUT2D eigenvalue weighted by Crippen LogP contribution is -2.74. The van der Waals surface area contributed by atoms with Crippen molar-refractivity contribution >= 4 is 11.9 Å². The quantitative estimate of drug-likeness (QED) is 0.695. The smallest absolute Gasteiger partial charge is 0.134 e. The van der Waals surface area contributed by atoms with Crippen LogP contribution in [0.4, 0.5) is 13.2 Å². The van der Waals surface area contributed by atoms with Crippen LogP contribution in [-0.4, -0.2) is 23.8 Å². The highest BCUT2D eigenvalue weighted by Gasteiger charge is 2.58. The number of halogens is 3. The second kappa shape index (κ2) is 7.34.